The number of benzene rings is 2. The van der Waals surface area contributed by atoms with Gasteiger partial charge in [0.1, 0.15) is 24.0 Å². The molecule has 1 aliphatic rings. The third-order valence-electron chi connectivity index (χ3n) is 5.09. The van der Waals surface area contributed by atoms with Gasteiger partial charge in [0.2, 0.25) is 0 Å². The van der Waals surface area contributed by atoms with E-state index in [4.69, 9.17) is 16.3 Å². The Hall–Kier alpha value is -3.32. The largest absolute Gasteiger partial charge is 0.488 e. The van der Waals surface area contributed by atoms with Gasteiger partial charge in [-0.25, -0.2) is 13.6 Å². The minimum Gasteiger partial charge on any atom is -0.488 e. The quantitative estimate of drug-likeness (QED) is 0.524. The Morgan fingerprint density at radius 2 is 1.90 bits per heavy atom. The van der Waals surface area contributed by atoms with Crippen molar-refractivity contribution in [3.05, 3.63) is 87.7 Å². The van der Waals surface area contributed by atoms with Gasteiger partial charge in [-0.2, -0.15) is 10.2 Å². The minimum absolute atomic E-state index is 0.0538. The summed E-state index contributed by atoms with van der Waals surface area (Å²) in [5, 5.41) is 17.7. The number of hydrogen-bond acceptors (Lipinski definition) is 4. The Bertz CT molecular complexity index is 1200. The molecule has 0 fully saturated rings. The summed E-state index contributed by atoms with van der Waals surface area (Å²) in [6, 6.07) is 9.95. The van der Waals surface area contributed by atoms with E-state index in [9.17, 15) is 18.7 Å². The van der Waals surface area contributed by atoms with Gasteiger partial charge in [-0.3, -0.25) is 0 Å². The van der Waals surface area contributed by atoms with Crippen molar-refractivity contribution < 1.29 is 23.4 Å². The lowest BCUT2D eigenvalue weighted by molar-refractivity contribution is 0.0696. The number of hydrogen-bond donors (Lipinski definition) is 1. The monoisotopic (exact) mass is 442 g/mol. The highest BCUT2D eigenvalue weighted by molar-refractivity contribution is 6.30. The Morgan fingerprint density at radius 3 is 2.68 bits per heavy atom. The van der Waals surface area contributed by atoms with Crippen LogP contribution >= 0.6 is 11.6 Å². The molecule has 0 aliphatic heterocycles. The smallest absolute Gasteiger partial charge is 0.337 e. The number of halogens is 3. The lowest BCUT2D eigenvalue weighted by Gasteiger charge is -2.15. The summed E-state index contributed by atoms with van der Waals surface area (Å²) < 4.78 is 33.0. The molecule has 0 saturated heterocycles. The number of rotatable bonds is 6. The average Bonchev–Trinajstić information content (AvgIpc) is 3.23. The van der Waals surface area contributed by atoms with Crippen LogP contribution in [0.25, 0.3) is 11.1 Å². The van der Waals surface area contributed by atoms with Gasteiger partial charge < -0.3 is 9.84 Å². The molecule has 3 aromatic rings. The van der Waals surface area contributed by atoms with Gasteiger partial charge in [-0.15, -0.1) is 0 Å². The van der Waals surface area contributed by atoms with Crippen LogP contribution in [0, 0.1) is 11.6 Å². The van der Waals surface area contributed by atoms with Crippen LogP contribution < -0.4 is 4.74 Å². The van der Waals surface area contributed by atoms with Gasteiger partial charge in [0.15, 0.2) is 0 Å². The van der Waals surface area contributed by atoms with E-state index in [1.807, 2.05) is 0 Å². The van der Waals surface area contributed by atoms with Gasteiger partial charge in [-0.05, 0) is 66.8 Å². The first-order valence-electron chi connectivity index (χ1n) is 9.57. The van der Waals surface area contributed by atoms with E-state index in [-0.39, 0.29) is 17.7 Å². The fourth-order valence-corrected chi connectivity index (χ4v) is 3.78. The van der Waals surface area contributed by atoms with Crippen molar-refractivity contribution in [3.8, 4) is 5.75 Å². The van der Waals surface area contributed by atoms with Gasteiger partial charge >= 0.3 is 5.97 Å². The number of carboxylic acids is 1. The highest BCUT2D eigenvalue weighted by atomic mass is 35.5. The van der Waals surface area contributed by atoms with E-state index in [0.29, 0.717) is 22.9 Å². The fraction of sp³-hybridized carbons (Fsp3) is 0.174. The molecule has 8 heteroatoms. The molecule has 1 heterocycles. The van der Waals surface area contributed by atoms with E-state index in [1.54, 1.807) is 18.2 Å². The van der Waals surface area contributed by atoms with Crippen LogP contribution in [-0.2, 0) is 6.61 Å². The summed E-state index contributed by atoms with van der Waals surface area (Å²) in [5.41, 5.74) is 3.29. The first-order valence-corrected chi connectivity index (χ1v) is 9.95. The molecular weight excluding hydrogens is 426 g/mol. The van der Waals surface area contributed by atoms with Crippen molar-refractivity contribution in [1.82, 2.24) is 10.2 Å². The third-order valence-corrected chi connectivity index (χ3v) is 5.33. The summed E-state index contributed by atoms with van der Waals surface area (Å²) in [7, 11) is 0. The molecule has 1 aromatic heterocycles. The highest BCUT2D eigenvalue weighted by Crippen LogP contribution is 2.43. The van der Waals surface area contributed by atoms with Gasteiger partial charge in [-0.1, -0.05) is 11.6 Å². The number of nitrogens with zero attached hydrogens (tertiary/aromatic N) is 2. The van der Waals surface area contributed by atoms with Crippen molar-refractivity contribution in [2.75, 3.05) is 0 Å². The molecule has 0 unspecified atom stereocenters. The maximum absolute atomic E-state index is 14.0. The first-order chi connectivity index (χ1) is 14.9. The maximum atomic E-state index is 14.0. The molecular formula is C23H17ClF2N2O3. The highest BCUT2D eigenvalue weighted by Gasteiger charge is 2.23. The molecule has 0 radical (unpaired) electrons. The van der Waals surface area contributed by atoms with Crippen molar-refractivity contribution in [2.45, 2.75) is 25.9 Å². The molecule has 0 bridgehead atoms. The van der Waals surface area contributed by atoms with Crippen molar-refractivity contribution >= 4 is 28.7 Å². The number of carbonyl (C=O) groups is 1. The van der Waals surface area contributed by atoms with Crippen molar-refractivity contribution in [3.63, 3.8) is 0 Å². The maximum Gasteiger partial charge on any atom is 0.337 e. The van der Waals surface area contributed by atoms with Crippen LogP contribution in [0.1, 0.15) is 46.4 Å². The Labute approximate surface area is 182 Å². The van der Waals surface area contributed by atoms with E-state index in [0.717, 1.165) is 35.6 Å². The molecule has 5 nitrogen and oxygen atoms in total. The zero-order valence-electron chi connectivity index (χ0n) is 16.2. The van der Waals surface area contributed by atoms with Crippen LogP contribution in [-0.4, -0.2) is 21.3 Å². The second kappa shape index (κ2) is 8.81. The summed E-state index contributed by atoms with van der Waals surface area (Å²) in [5.74, 6) is -1.93. The molecule has 1 aliphatic carbocycles. The standard InChI is InChI=1S/C23H17ClF2N2O3/c24-15-5-7-22(31-12-13-4-6-16(25)10-20(13)26)19(9-15)17-2-1-3-18(17)21-8-14(23(29)30)11-27-28-21/h4-11H,1-3,12H2,(H,29,30). The van der Waals surface area contributed by atoms with E-state index in [2.05, 4.69) is 10.2 Å². The molecule has 31 heavy (non-hydrogen) atoms. The number of carboxylic acid groups (broad SMARTS) is 1. The Morgan fingerprint density at radius 1 is 1.10 bits per heavy atom. The zero-order chi connectivity index (χ0) is 22.0. The topological polar surface area (TPSA) is 72.3 Å². The lowest BCUT2D eigenvalue weighted by atomic mass is 9.98. The van der Waals surface area contributed by atoms with E-state index in [1.165, 1.54) is 24.4 Å². The predicted octanol–water partition coefficient (Wildman–Crippen LogP) is 5.78. The molecule has 0 amide bonds. The van der Waals surface area contributed by atoms with E-state index < -0.39 is 17.6 Å². The first kappa shape index (κ1) is 20.9. The second-order valence-corrected chi connectivity index (χ2v) is 7.55. The molecule has 2 aromatic carbocycles. The summed E-state index contributed by atoms with van der Waals surface area (Å²) >= 11 is 6.23. The van der Waals surface area contributed by atoms with Gasteiger partial charge in [0.25, 0.3) is 0 Å². The van der Waals surface area contributed by atoms with Crippen LogP contribution in [0.5, 0.6) is 5.75 Å². The molecule has 0 spiro atoms. The zero-order valence-corrected chi connectivity index (χ0v) is 17.0. The summed E-state index contributed by atoms with van der Waals surface area (Å²) in [4.78, 5) is 11.3. The molecule has 4 rings (SSSR count). The average molecular weight is 443 g/mol. The van der Waals surface area contributed by atoms with Crippen LogP contribution in [0.4, 0.5) is 8.78 Å². The third kappa shape index (κ3) is 4.56. The Balaban J connectivity index is 1.71. The lowest BCUT2D eigenvalue weighted by Crippen LogP contribution is -2.03. The summed E-state index contributed by atoms with van der Waals surface area (Å²) in [6.45, 7) is -0.0857. The number of aromatic nitrogens is 2. The van der Waals surface area contributed by atoms with E-state index >= 15 is 0 Å². The molecule has 0 atom stereocenters. The van der Waals surface area contributed by atoms with Crippen molar-refractivity contribution in [2.24, 2.45) is 0 Å². The number of aromatic carboxylic acids is 1. The van der Waals surface area contributed by atoms with Crippen LogP contribution in [0.3, 0.4) is 0 Å². The molecule has 0 saturated carbocycles. The predicted molar refractivity (Wildman–Crippen MR) is 112 cm³/mol. The summed E-state index contributed by atoms with van der Waals surface area (Å²) in [6.07, 6.45) is 3.47. The number of allylic oxidation sites excluding steroid dienone is 2. The Kier molecular flexibility index (Phi) is 5.95. The normalized spacial score (nSPS) is 13.5. The minimum atomic E-state index is -1.08. The van der Waals surface area contributed by atoms with Gasteiger partial charge in [0.05, 0.1) is 17.5 Å². The van der Waals surface area contributed by atoms with Crippen molar-refractivity contribution in [1.29, 1.82) is 0 Å². The van der Waals surface area contributed by atoms with Crippen LogP contribution in [0.15, 0.2) is 48.7 Å². The second-order valence-electron chi connectivity index (χ2n) is 7.11. The number of ether oxygens (including phenoxy) is 1. The fourth-order valence-electron chi connectivity index (χ4n) is 3.61. The van der Waals surface area contributed by atoms with Gasteiger partial charge in [0, 0.05) is 22.2 Å². The molecule has 158 valence electrons. The molecule has 1 N–H and O–H groups in total. The van der Waals surface area contributed by atoms with Crippen LogP contribution in [0.2, 0.25) is 5.02 Å². The SMILES string of the molecule is O=C(O)c1cnnc(C2=C(c3cc(Cl)ccc3OCc3ccc(F)cc3F)CCC2)c1.